The van der Waals surface area contributed by atoms with Crippen LogP contribution in [-0.4, -0.2) is 21.1 Å². The Kier molecular flexibility index (Phi) is 4.05. The van der Waals surface area contributed by atoms with Crippen molar-refractivity contribution < 1.29 is 14.0 Å². The molecule has 126 valence electrons. The van der Waals surface area contributed by atoms with Crippen LogP contribution < -0.4 is 0 Å². The molecule has 0 N–H and O–H groups in total. The number of hydrogen-bond acceptors (Lipinski definition) is 4. The highest BCUT2D eigenvalue weighted by Gasteiger charge is 2.29. The van der Waals surface area contributed by atoms with Gasteiger partial charge in [0.2, 0.25) is 0 Å². The van der Waals surface area contributed by atoms with Crippen molar-refractivity contribution in [2.24, 2.45) is 0 Å². The highest BCUT2D eigenvalue weighted by atomic mass is 32.1. The van der Waals surface area contributed by atoms with Gasteiger partial charge in [-0.15, -0.1) is 11.3 Å². The first-order valence-corrected chi connectivity index (χ1v) is 8.87. The number of hydrogen-bond donors (Lipinski definition) is 0. The van der Waals surface area contributed by atoms with Gasteiger partial charge in [-0.3, -0.25) is 9.59 Å². The summed E-state index contributed by atoms with van der Waals surface area (Å²) in [5.74, 6) is -0.134. The summed E-state index contributed by atoms with van der Waals surface area (Å²) in [4.78, 5) is 29.8. The number of aromatic nitrogens is 2. The van der Waals surface area contributed by atoms with Gasteiger partial charge in [-0.05, 0) is 36.2 Å². The highest BCUT2D eigenvalue weighted by molar-refractivity contribution is 7.15. The standard InChI is InChI=1S/C19H15FN2O2S/c20-13-5-3-12(4-6-13)18-11-21-19(25-18)10-17(24)15-7-8-16(23)14-2-1-9-22(14)15/h1-6,9,11,15H,7-8,10H2. The van der Waals surface area contributed by atoms with Crippen LogP contribution in [0.4, 0.5) is 4.39 Å². The number of thiazole rings is 1. The van der Waals surface area contributed by atoms with Gasteiger partial charge in [-0.25, -0.2) is 9.37 Å². The Hall–Kier alpha value is -2.60. The third-order valence-corrected chi connectivity index (χ3v) is 5.47. The topological polar surface area (TPSA) is 52.0 Å². The molecular formula is C19H15FN2O2S. The summed E-state index contributed by atoms with van der Waals surface area (Å²) < 4.78 is 14.8. The third-order valence-electron chi connectivity index (χ3n) is 4.42. The van der Waals surface area contributed by atoms with Crippen molar-refractivity contribution in [3.8, 4) is 10.4 Å². The molecule has 25 heavy (non-hydrogen) atoms. The first kappa shape index (κ1) is 15.9. The molecular weight excluding hydrogens is 339 g/mol. The fourth-order valence-electron chi connectivity index (χ4n) is 3.16. The third kappa shape index (κ3) is 3.05. The van der Waals surface area contributed by atoms with Crippen molar-refractivity contribution in [1.29, 1.82) is 0 Å². The average Bonchev–Trinajstić information content (AvgIpc) is 3.26. The van der Waals surface area contributed by atoms with E-state index in [1.807, 2.05) is 0 Å². The Morgan fingerprint density at radius 3 is 2.88 bits per heavy atom. The number of ketones is 2. The molecule has 0 spiro atoms. The van der Waals surface area contributed by atoms with Gasteiger partial charge in [0.1, 0.15) is 10.8 Å². The Balaban J connectivity index is 1.52. The van der Waals surface area contributed by atoms with Crippen molar-refractivity contribution in [3.05, 3.63) is 65.3 Å². The minimum atomic E-state index is -0.305. The van der Waals surface area contributed by atoms with Crippen LogP contribution in [0.1, 0.15) is 34.4 Å². The zero-order valence-corrected chi connectivity index (χ0v) is 14.1. The summed E-state index contributed by atoms with van der Waals surface area (Å²) in [6.45, 7) is 0. The van der Waals surface area contributed by atoms with Crippen molar-refractivity contribution in [1.82, 2.24) is 9.55 Å². The van der Waals surface area contributed by atoms with E-state index in [1.54, 1.807) is 41.2 Å². The molecule has 6 heteroatoms. The van der Waals surface area contributed by atoms with E-state index in [9.17, 15) is 14.0 Å². The molecule has 1 aromatic carbocycles. The lowest BCUT2D eigenvalue weighted by molar-refractivity contribution is -0.121. The molecule has 1 unspecified atom stereocenters. The zero-order valence-electron chi connectivity index (χ0n) is 13.3. The number of halogens is 1. The average molecular weight is 354 g/mol. The van der Waals surface area contributed by atoms with Gasteiger partial charge >= 0.3 is 0 Å². The maximum atomic E-state index is 13.0. The van der Waals surface area contributed by atoms with Crippen LogP contribution in [0, 0.1) is 5.82 Å². The van der Waals surface area contributed by atoms with Gasteiger partial charge in [0.15, 0.2) is 11.6 Å². The molecule has 4 rings (SSSR count). The molecule has 0 amide bonds. The molecule has 0 aliphatic carbocycles. The van der Waals surface area contributed by atoms with Crippen molar-refractivity contribution in [2.75, 3.05) is 0 Å². The summed E-state index contributed by atoms with van der Waals surface area (Å²) in [5, 5.41) is 0.731. The second kappa shape index (κ2) is 6.37. The lowest BCUT2D eigenvalue weighted by Crippen LogP contribution is -2.28. The van der Waals surface area contributed by atoms with Crippen LogP contribution >= 0.6 is 11.3 Å². The minimum Gasteiger partial charge on any atom is -0.335 e. The zero-order chi connectivity index (χ0) is 17.4. The van der Waals surface area contributed by atoms with E-state index >= 15 is 0 Å². The molecule has 4 nitrogen and oxygen atoms in total. The van der Waals surface area contributed by atoms with Crippen LogP contribution in [0.25, 0.3) is 10.4 Å². The van der Waals surface area contributed by atoms with E-state index < -0.39 is 0 Å². The highest BCUT2D eigenvalue weighted by Crippen LogP contribution is 2.30. The maximum Gasteiger partial charge on any atom is 0.179 e. The fraction of sp³-hybridized carbons (Fsp3) is 0.211. The number of rotatable bonds is 4. The van der Waals surface area contributed by atoms with Gasteiger partial charge in [0, 0.05) is 18.8 Å². The van der Waals surface area contributed by atoms with E-state index in [4.69, 9.17) is 0 Å². The fourth-order valence-corrected chi connectivity index (χ4v) is 4.09. The molecule has 3 heterocycles. The van der Waals surface area contributed by atoms with Crippen LogP contribution in [-0.2, 0) is 11.2 Å². The smallest absolute Gasteiger partial charge is 0.179 e. The summed E-state index contributed by atoms with van der Waals surface area (Å²) in [7, 11) is 0. The quantitative estimate of drug-likeness (QED) is 0.709. The normalized spacial score (nSPS) is 16.7. The molecule has 1 aliphatic rings. The second-order valence-corrected chi connectivity index (χ2v) is 7.16. The van der Waals surface area contributed by atoms with Gasteiger partial charge in [0.25, 0.3) is 0 Å². The van der Waals surface area contributed by atoms with Crippen molar-refractivity contribution in [3.63, 3.8) is 0 Å². The predicted octanol–water partition coefficient (Wildman–Crippen LogP) is 4.08. The molecule has 1 atom stereocenters. The lowest BCUT2D eigenvalue weighted by atomic mass is 9.97. The summed E-state index contributed by atoms with van der Waals surface area (Å²) in [6.07, 6.45) is 4.68. The van der Waals surface area contributed by atoms with Crippen LogP contribution in [0.3, 0.4) is 0 Å². The Bertz CT molecular complexity index is 943. The van der Waals surface area contributed by atoms with E-state index in [2.05, 4.69) is 4.98 Å². The number of benzene rings is 1. The van der Waals surface area contributed by atoms with Crippen molar-refractivity contribution in [2.45, 2.75) is 25.3 Å². The van der Waals surface area contributed by atoms with Gasteiger partial charge in [-0.2, -0.15) is 0 Å². The largest absolute Gasteiger partial charge is 0.335 e. The molecule has 0 radical (unpaired) electrons. The molecule has 3 aromatic rings. The Labute approximate surface area is 147 Å². The van der Waals surface area contributed by atoms with E-state index in [0.29, 0.717) is 18.5 Å². The molecule has 0 bridgehead atoms. The summed E-state index contributed by atoms with van der Waals surface area (Å²) >= 11 is 1.44. The van der Waals surface area contributed by atoms with Crippen LogP contribution in [0.2, 0.25) is 0 Å². The van der Waals surface area contributed by atoms with E-state index in [0.717, 1.165) is 15.4 Å². The number of nitrogens with zero attached hydrogens (tertiary/aromatic N) is 2. The first-order valence-electron chi connectivity index (χ1n) is 8.05. The maximum absolute atomic E-state index is 13.0. The number of carbonyl (C=O) groups excluding carboxylic acids is 2. The number of carbonyl (C=O) groups is 2. The van der Waals surface area contributed by atoms with Gasteiger partial charge in [0.05, 0.1) is 23.0 Å². The number of Topliss-reactive ketones (excluding diaryl/α,β-unsaturated/α-hetero) is 2. The van der Waals surface area contributed by atoms with Gasteiger partial charge in [-0.1, -0.05) is 12.1 Å². The van der Waals surface area contributed by atoms with Gasteiger partial charge < -0.3 is 4.57 Å². The monoisotopic (exact) mass is 354 g/mol. The lowest BCUT2D eigenvalue weighted by Gasteiger charge is -2.24. The van der Waals surface area contributed by atoms with E-state index in [-0.39, 0.29) is 29.8 Å². The second-order valence-electron chi connectivity index (χ2n) is 6.05. The van der Waals surface area contributed by atoms with Crippen LogP contribution in [0.5, 0.6) is 0 Å². The molecule has 0 fully saturated rings. The minimum absolute atomic E-state index is 0.0601. The number of fused-ring (bicyclic) bond motifs is 1. The van der Waals surface area contributed by atoms with Crippen LogP contribution in [0.15, 0.2) is 48.8 Å². The predicted molar refractivity (Wildman–Crippen MR) is 93.3 cm³/mol. The summed E-state index contributed by atoms with van der Waals surface area (Å²) in [6, 6.07) is 9.48. The first-order chi connectivity index (χ1) is 12.1. The van der Waals surface area contributed by atoms with Crippen molar-refractivity contribution >= 4 is 22.9 Å². The molecule has 2 aromatic heterocycles. The Morgan fingerprint density at radius 2 is 2.08 bits per heavy atom. The molecule has 1 aliphatic heterocycles. The van der Waals surface area contributed by atoms with E-state index in [1.165, 1.54) is 23.5 Å². The molecule has 0 saturated carbocycles. The summed E-state index contributed by atoms with van der Waals surface area (Å²) in [5.41, 5.74) is 1.49. The molecule has 0 saturated heterocycles. The SMILES string of the molecule is O=C1CCC(C(=O)Cc2ncc(-c3ccc(F)cc3)s2)n2cccc21. The Morgan fingerprint density at radius 1 is 1.28 bits per heavy atom.